The third kappa shape index (κ3) is 5.19. The van der Waals surface area contributed by atoms with E-state index < -0.39 is 0 Å². The molecular weight excluding hydrogens is 472 g/mol. The molecule has 3 aromatic heterocycles. The van der Waals surface area contributed by atoms with E-state index in [0.29, 0.717) is 11.9 Å². The van der Waals surface area contributed by atoms with Crippen molar-refractivity contribution in [2.45, 2.75) is 25.4 Å². The summed E-state index contributed by atoms with van der Waals surface area (Å²) in [5, 5.41) is 12.5. The van der Waals surface area contributed by atoms with Gasteiger partial charge in [-0.05, 0) is 30.5 Å². The van der Waals surface area contributed by atoms with Crippen LogP contribution in [-0.2, 0) is 6.54 Å². The van der Waals surface area contributed by atoms with Crippen molar-refractivity contribution in [2.75, 3.05) is 18.4 Å². The number of rotatable bonds is 6. The Bertz CT molecular complexity index is 1590. The highest BCUT2D eigenvalue weighted by Crippen LogP contribution is 2.31. The molecule has 0 bridgehead atoms. The van der Waals surface area contributed by atoms with Gasteiger partial charge in [-0.3, -0.25) is 9.88 Å². The number of pyridine rings is 1. The lowest BCUT2D eigenvalue weighted by Gasteiger charge is -2.32. The van der Waals surface area contributed by atoms with Crippen LogP contribution >= 0.6 is 0 Å². The van der Waals surface area contributed by atoms with Crippen LogP contribution in [0.3, 0.4) is 0 Å². The zero-order valence-electron chi connectivity index (χ0n) is 20.8. The summed E-state index contributed by atoms with van der Waals surface area (Å²) in [5.74, 6) is 0.909. The number of nitrogens with one attached hydrogen (secondary N) is 1. The summed E-state index contributed by atoms with van der Waals surface area (Å²) in [6.07, 6.45) is 7.17. The first-order valence-corrected chi connectivity index (χ1v) is 12.7. The molecule has 1 fully saturated rings. The molecule has 6 rings (SSSR count). The Labute approximate surface area is 221 Å². The van der Waals surface area contributed by atoms with E-state index in [1.54, 1.807) is 18.6 Å². The van der Waals surface area contributed by atoms with Gasteiger partial charge in [0.2, 0.25) is 5.82 Å². The lowest BCUT2D eigenvalue weighted by molar-refractivity contribution is 0.211. The van der Waals surface area contributed by atoms with Crippen molar-refractivity contribution < 1.29 is 0 Å². The first-order valence-electron chi connectivity index (χ1n) is 12.7. The third-order valence-electron chi connectivity index (χ3n) is 6.84. The van der Waals surface area contributed by atoms with E-state index in [2.05, 4.69) is 61.6 Å². The van der Waals surface area contributed by atoms with E-state index in [-0.39, 0.29) is 5.82 Å². The number of likely N-dealkylation sites (tertiary alicyclic amines) is 1. The normalized spacial score (nSPS) is 14.3. The Kier molecular flexibility index (Phi) is 6.66. The number of nitrogens with zero attached hydrogens (tertiary/aromatic N) is 7. The maximum atomic E-state index is 9.01. The van der Waals surface area contributed by atoms with E-state index in [0.717, 1.165) is 66.0 Å². The first-order chi connectivity index (χ1) is 18.7. The number of aromatic nitrogens is 5. The third-order valence-corrected chi connectivity index (χ3v) is 6.84. The fraction of sp³-hybridized carbons (Fsp3) is 0.200. The molecule has 8 nitrogen and oxygen atoms in total. The highest BCUT2D eigenvalue weighted by molar-refractivity contribution is 5.85. The minimum atomic E-state index is 0.193. The highest BCUT2D eigenvalue weighted by atomic mass is 15.1. The minimum absolute atomic E-state index is 0.193. The lowest BCUT2D eigenvalue weighted by atomic mass is 10.0. The van der Waals surface area contributed by atoms with Crippen LogP contribution in [0, 0.1) is 11.3 Å². The SMILES string of the molecule is N#Cc1nccc(NC2CCN(Cc3ccc(-c4nc5ccncc5nc4-c4ccccc4)cc3)CC2)n1. The molecule has 8 heteroatoms. The van der Waals surface area contributed by atoms with Gasteiger partial charge in [0.05, 0.1) is 23.1 Å². The molecule has 1 N–H and O–H groups in total. The van der Waals surface area contributed by atoms with Crippen LogP contribution in [-0.4, -0.2) is 49.0 Å². The van der Waals surface area contributed by atoms with Crippen LogP contribution in [0.1, 0.15) is 24.2 Å². The van der Waals surface area contributed by atoms with Gasteiger partial charge in [0.25, 0.3) is 0 Å². The maximum Gasteiger partial charge on any atom is 0.234 e. The number of fused-ring (bicyclic) bond motifs is 1. The molecule has 0 amide bonds. The molecule has 0 radical (unpaired) electrons. The summed E-state index contributed by atoms with van der Waals surface area (Å²) in [6, 6.07) is 24.9. The van der Waals surface area contributed by atoms with Crippen LogP contribution in [0.25, 0.3) is 33.5 Å². The van der Waals surface area contributed by atoms with Crippen LogP contribution in [0.5, 0.6) is 0 Å². The van der Waals surface area contributed by atoms with Crippen molar-refractivity contribution in [3.8, 4) is 28.6 Å². The van der Waals surface area contributed by atoms with Gasteiger partial charge < -0.3 is 5.32 Å². The second-order valence-electron chi connectivity index (χ2n) is 9.42. The number of nitriles is 1. The average molecular weight is 499 g/mol. The Morgan fingerprint density at radius 1 is 0.816 bits per heavy atom. The van der Waals surface area contributed by atoms with Gasteiger partial charge in [-0.25, -0.2) is 19.9 Å². The van der Waals surface area contributed by atoms with E-state index >= 15 is 0 Å². The molecule has 1 aliphatic heterocycles. The molecule has 1 aliphatic rings. The number of hydrogen-bond acceptors (Lipinski definition) is 8. The molecule has 0 unspecified atom stereocenters. The molecule has 0 spiro atoms. The minimum Gasteiger partial charge on any atom is -0.367 e. The van der Waals surface area contributed by atoms with Crippen LogP contribution in [0.15, 0.2) is 85.3 Å². The number of hydrogen-bond donors (Lipinski definition) is 1. The van der Waals surface area contributed by atoms with Crippen molar-refractivity contribution in [3.05, 3.63) is 96.7 Å². The van der Waals surface area contributed by atoms with Crippen molar-refractivity contribution in [1.82, 2.24) is 29.8 Å². The van der Waals surface area contributed by atoms with E-state index in [1.807, 2.05) is 36.4 Å². The van der Waals surface area contributed by atoms with Gasteiger partial charge in [-0.1, -0.05) is 54.6 Å². The van der Waals surface area contributed by atoms with Crippen molar-refractivity contribution in [2.24, 2.45) is 0 Å². The molecule has 0 atom stereocenters. The number of anilines is 1. The number of benzene rings is 2. The zero-order chi connectivity index (χ0) is 25.7. The molecule has 0 saturated carbocycles. The predicted molar refractivity (Wildman–Crippen MR) is 147 cm³/mol. The molecule has 186 valence electrons. The summed E-state index contributed by atoms with van der Waals surface area (Å²) in [5.41, 5.74) is 6.71. The fourth-order valence-electron chi connectivity index (χ4n) is 4.87. The Morgan fingerprint density at radius 3 is 2.32 bits per heavy atom. The van der Waals surface area contributed by atoms with Gasteiger partial charge in [-0.2, -0.15) is 5.26 Å². The Hall–Kier alpha value is -4.74. The quantitative estimate of drug-likeness (QED) is 0.345. The molecule has 4 heterocycles. The monoisotopic (exact) mass is 498 g/mol. The van der Waals surface area contributed by atoms with Gasteiger partial charge in [0.1, 0.15) is 17.4 Å². The Morgan fingerprint density at radius 2 is 1.55 bits per heavy atom. The zero-order valence-corrected chi connectivity index (χ0v) is 20.8. The summed E-state index contributed by atoms with van der Waals surface area (Å²) >= 11 is 0. The highest BCUT2D eigenvalue weighted by Gasteiger charge is 2.20. The fourth-order valence-corrected chi connectivity index (χ4v) is 4.87. The summed E-state index contributed by atoms with van der Waals surface area (Å²) in [4.78, 5) is 24.8. The number of piperidine rings is 1. The summed E-state index contributed by atoms with van der Waals surface area (Å²) < 4.78 is 0. The summed E-state index contributed by atoms with van der Waals surface area (Å²) in [6.45, 7) is 2.90. The molecular formula is C30H26N8. The average Bonchev–Trinajstić information content (AvgIpc) is 2.98. The molecule has 38 heavy (non-hydrogen) atoms. The Balaban J connectivity index is 1.15. The largest absolute Gasteiger partial charge is 0.367 e. The van der Waals surface area contributed by atoms with Crippen LogP contribution in [0.4, 0.5) is 5.82 Å². The standard InChI is InChI=1S/C30H26N8/c31-18-28-33-15-11-27(37-28)34-24-12-16-38(17-13-24)20-21-6-8-23(9-7-21)30-29(22-4-2-1-3-5-22)36-26-19-32-14-10-25(26)35-30/h1-11,14-15,19,24H,12-13,16-17,20H2,(H,33,34,37). The van der Waals surface area contributed by atoms with Crippen molar-refractivity contribution in [1.29, 1.82) is 5.26 Å². The lowest BCUT2D eigenvalue weighted by Crippen LogP contribution is -2.38. The van der Waals surface area contributed by atoms with Gasteiger partial charge in [0.15, 0.2) is 0 Å². The van der Waals surface area contributed by atoms with Crippen molar-refractivity contribution >= 4 is 16.9 Å². The second-order valence-corrected chi connectivity index (χ2v) is 9.42. The van der Waals surface area contributed by atoms with Gasteiger partial charge in [-0.15, -0.1) is 0 Å². The van der Waals surface area contributed by atoms with Crippen LogP contribution in [0.2, 0.25) is 0 Å². The first kappa shape index (κ1) is 23.6. The topological polar surface area (TPSA) is 104 Å². The smallest absolute Gasteiger partial charge is 0.234 e. The van der Waals surface area contributed by atoms with Gasteiger partial charge >= 0.3 is 0 Å². The van der Waals surface area contributed by atoms with E-state index in [1.165, 1.54) is 5.56 Å². The predicted octanol–water partition coefficient (Wildman–Crippen LogP) is 5.10. The van der Waals surface area contributed by atoms with E-state index in [9.17, 15) is 0 Å². The molecule has 5 aromatic rings. The molecule has 2 aromatic carbocycles. The summed E-state index contributed by atoms with van der Waals surface area (Å²) in [7, 11) is 0. The van der Waals surface area contributed by atoms with E-state index in [4.69, 9.17) is 15.2 Å². The molecule has 0 aliphatic carbocycles. The molecule has 1 saturated heterocycles. The second kappa shape index (κ2) is 10.7. The van der Waals surface area contributed by atoms with Gasteiger partial charge in [0, 0.05) is 49.2 Å². The maximum absolute atomic E-state index is 9.01. The van der Waals surface area contributed by atoms with Crippen LogP contribution < -0.4 is 5.32 Å². The van der Waals surface area contributed by atoms with Crippen molar-refractivity contribution in [3.63, 3.8) is 0 Å².